The van der Waals surface area contributed by atoms with Gasteiger partial charge in [-0.05, 0) is 74.3 Å². The Morgan fingerprint density at radius 2 is 1.34 bits per heavy atom. The number of rotatable bonds is 17. The third-order valence-corrected chi connectivity index (χ3v) is 10.2. The van der Waals surface area contributed by atoms with Crippen LogP contribution in [0.4, 0.5) is 4.79 Å². The van der Waals surface area contributed by atoms with Crippen LogP contribution in [0, 0.1) is 5.41 Å². The summed E-state index contributed by atoms with van der Waals surface area (Å²) in [5.41, 5.74) is 0.955. The molecule has 5 nitrogen and oxygen atoms in total. The highest BCUT2D eigenvalue weighted by Gasteiger charge is 2.40. The zero-order valence-corrected chi connectivity index (χ0v) is 27.5. The minimum absolute atomic E-state index is 0.00737. The van der Waals surface area contributed by atoms with Gasteiger partial charge in [0.05, 0.1) is 24.4 Å². The number of hydrogen-bond donors (Lipinski definition) is 1. The van der Waals surface area contributed by atoms with Gasteiger partial charge in [0.25, 0.3) is 0 Å². The van der Waals surface area contributed by atoms with E-state index in [0.29, 0.717) is 26.1 Å². The molecule has 1 aromatic carbocycles. The van der Waals surface area contributed by atoms with E-state index >= 15 is 0 Å². The highest BCUT2D eigenvalue weighted by atomic mass is 31.0. The fourth-order valence-electron chi connectivity index (χ4n) is 5.37. The highest BCUT2D eigenvalue weighted by Crippen LogP contribution is 2.47. The molecule has 0 saturated carbocycles. The summed E-state index contributed by atoms with van der Waals surface area (Å²) in [4.78, 5) is 13.3. The lowest BCUT2D eigenvalue weighted by atomic mass is 9.60. The largest absolute Gasteiger partial charge is 0.440 e. The molecule has 6 heteroatoms. The molecule has 1 atom stereocenters. The van der Waals surface area contributed by atoms with Gasteiger partial charge in [-0.3, -0.25) is 0 Å². The molecule has 0 fully saturated rings. The van der Waals surface area contributed by atoms with Crippen molar-refractivity contribution in [2.45, 2.75) is 143 Å². The summed E-state index contributed by atoms with van der Waals surface area (Å²) in [6.07, 6.45) is 5.71. The highest BCUT2D eigenvalue weighted by molar-refractivity contribution is 7.09. The van der Waals surface area contributed by atoms with Crippen molar-refractivity contribution in [1.29, 1.82) is 0 Å². The minimum atomic E-state index is -0.689. The third kappa shape index (κ3) is 8.18. The van der Waals surface area contributed by atoms with Crippen molar-refractivity contribution in [1.82, 2.24) is 5.32 Å². The molecule has 0 saturated heterocycles. The summed E-state index contributed by atoms with van der Waals surface area (Å²) in [7, 11) is 2.31. The van der Waals surface area contributed by atoms with Gasteiger partial charge in [0.2, 0.25) is 0 Å². The lowest BCUT2D eigenvalue weighted by Crippen LogP contribution is -2.49. The maximum absolute atomic E-state index is 13.3. The summed E-state index contributed by atoms with van der Waals surface area (Å²) >= 11 is 0. The Morgan fingerprint density at radius 1 is 0.816 bits per heavy atom. The molecular weight excluding hydrogens is 493 g/mol. The molecule has 0 spiro atoms. The Labute approximate surface area is 236 Å². The number of amides is 1. The van der Waals surface area contributed by atoms with Crippen LogP contribution in [0.25, 0.3) is 0 Å². The van der Waals surface area contributed by atoms with E-state index in [1.807, 2.05) is 13.8 Å². The van der Waals surface area contributed by atoms with Gasteiger partial charge in [-0.1, -0.05) is 86.6 Å². The number of nitrogens with one attached hydrogen (secondary N) is 1. The number of ether oxygens (including phenoxy) is 2. The molecule has 1 aromatic rings. The second-order valence-electron chi connectivity index (χ2n) is 12.3. The first kappa shape index (κ1) is 34.9. The average molecular weight is 552 g/mol. The number of carbonyl (C=O) groups excluding carboxylic acids is 1. The fraction of sp³-hybridized carbons (Fsp3) is 0.781. The minimum Gasteiger partial charge on any atom is -0.440 e. The molecule has 0 aliphatic heterocycles. The molecule has 38 heavy (non-hydrogen) atoms. The first-order valence-corrected chi connectivity index (χ1v) is 15.2. The second kappa shape index (κ2) is 14.5. The molecule has 0 aromatic heterocycles. The van der Waals surface area contributed by atoms with Gasteiger partial charge in [0.1, 0.15) is 5.60 Å². The summed E-state index contributed by atoms with van der Waals surface area (Å²) in [5.74, 6) is 0. The van der Waals surface area contributed by atoms with Crippen LogP contribution >= 0.6 is 9.47 Å². The summed E-state index contributed by atoms with van der Waals surface area (Å²) in [6, 6.07) is 8.67. The van der Waals surface area contributed by atoms with E-state index in [4.69, 9.17) is 14.0 Å². The lowest BCUT2D eigenvalue weighted by molar-refractivity contribution is -0.133. The van der Waals surface area contributed by atoms with Crippen molar-refractivity contribution in [3.05, 3.63) is 35.4 Å². The third-order valence-electron chi connectivity index (χ3n) is 9.99. The van der Waals surface area contributed by atoms with Crippen molar-refractivity contribution < 1.29 is 18.8 Å². The van der Waals surface area contributed by atoms with Crippen molar-refractivity contribution >= 4 is 15.6 Å². The van der Waals surface area contributed by atoms with Crippen LogP contribution in [0.15, 0.2) is 24.3 Å². The van der Waals surface area contributed by atoms with Gasteiger partial charge < -0.3 is 19.3 Å². The van der Waals surface area contributed by atoms with E-state index in [9.17, 15) is 4.79 Å². The van der Waals surface area contributed by atoms with Gasteiger partial charge in [0, 0.05) is 15.9 Å². The first-order valence-electron chi connectivity index (χ1n) is 14.8. The predicted octanol–water partition coefficient (Wildman–Crippen LogP) is 9.08. The Bertz CT molecular complexity index is 855. The van der Waals surface area contributed by atoms with E-state index in [-0.39, 0.29) is 16.4 Å². The van der Waals surface area contributed by atoms with Crippen molar-refractivity contribution in [3.8, 4) is 0 Å². The Kier molecular flexibility index (Phi) is 13.3. The molecular formula is C32H58NO4P. The van der Waals surface area contributed by atoms with Gasteiger partial charge >= 0.3 is 6.09 Å². The van der Waals surface area contributed by atoms with E-state index in [0.717, 1.165) is 37.7 Å². The van der Waals surface area contributed by atoms with Crippen molar-refractivity contribution in [3.63, 3.8) is 0 Å². The molecule has 0 heterocycles. The maximum atomic E-state index is 13.3. The standard InChI is InChI=1S/C32H58NO4P/c1-12-30(11,13-2)28(7,8)25-19-18-20-26(23-25)29(9,10)33-27(34)37-32(16-5,17-6)24-35-31(14-3,15-4)21-22-36-38/h18-20,23H,12-17,21-22,24,38H2,1-11H3,(H,33,34). The normalized spacial score (nSPS) is 13.5. The molecule has 0 radical (unpaired) electrons. The Hall–Kier alpha value is -1.16. The zero-order chi connectivity index (χ0) is 29.3. The Balaban J connectivity index is 3.12. The van der Waals surface area contributed by atoms with Crippen molar-refractivity contribution in [2.75, 3.05) is 13.2 Å². The SMILES string of the molecule is CCC(CC)(CCOP)OCC(CC)(CC)OC(=O)NC(C)(C)c1cccc(C(C)(C)C(C)(CC)CC)c1. The molecule has 0 bridgehead atoms. The molecule has 1 rings (SSSR count). The topological polar surface area (TPSA) is 56.8 Å². The molecule has 1 amide bonds. The van der Waals surface area contributed by atoms with Gasteiger partial charge in [-0.2, -0.15) is 0 Å². The van der Waals surface area contributed by atoms with Crippen LogP contribution < -0.4 is 5.32 Å². The van der Waals surface area contributed by atoms with Crippen LogP contribution in [0.5, 0.6) is 0 Å². The first-order chi connectivity index (χ1) is 17.7. The lowest BCUT2D eigenvalue weighted by Gasteiger charge is -2.44. The second-order valence-corrected chi connectivity index (χ2v) is 12.6. The molecule has 1 N–H and O–H groups in total. The van der Waals surface area contributed by atoms with Crippen molar-refractivity contribution in [2.24, 2.45) is 5.41 Å². The van der Waals surface area contributed by atoms with Gasteiger partial charge in [-0.25, -0.2) is 4.79 Å². The van der Waals surface area contributed by atoms with Gasteiger partial charge in [-0.15, -0.1) is 0 Å². The van der Waals surface area contributed by atoms with Crippen LogP contribution in [0.2, 0.25) is 0 Å². The number of benzene rings is 1. The fourth-order valence-corrected chi connectivity index (χ4v) is 5.48. The zero-order valence-electron chi connectivity index (χ0n) is 26.4. The summed E-state index contributed by atoms with van der Waals surface area (Å²) in [6.45, 7) is 25.0. The Morgan fingerprint density at radius 3 is 1.82 bits per heavy atom. The summed E-state index contributed by atoms with van der Waals surface area (Å²) in [5, 5.41) is 3.16. The molecule has 0 aliphatic rings. The number of hydrogen-bond acceptors (Lipinski definition) is 4. The van der Waals surface area contributed by atoms with Crippen LogP contribution in [0.1, 0.15) is 132 Å². The average Bonchev–Trinajstić information content (AvgIpc) is 2.91. The number of alkyl carbamates (subject to hydrolysis) is 1. The quantitative estimate of drug-likeness (QED) is 0.196. The molecule has 0 aliphatic carbocycles. The van der Waals surface area contributed by atoms with E-state index < -0.39 is 17.2 Å². The van der Waals surface area contributed by atoms with Crippen LogP contribution in [-0.2, 0) is 25.0 Å². The summed E-state index contributed by atoms with van der Waals surface area (Å²) < 4.78 is 17.9. The van der Waals surface area contributed by atoms with E-state index in [2.05, 4.69) is 101 Å². The van der Waals surface area contributed by atoms with E-state index in [1.165, 1.54) is 5.56 Å². The smallest absolute Gasteiger partial charge is 0.408 e. The van der Waals surface area contributed by atoms with Gasteiger partial charge in [0.15, 0.2) is 0 Å². The van der Waals surface area contributed by atoms with Crippen LogP contribution in [-0.4, -0.2) is 30.5 Å². The monoisotopic (exact) mass is 551 g/mol. The molecule has 1 unspecified atom stereocenters. The maximum Gasteiger partial charge on any atom is 0.408 e. The van der Waals surface area contributed by atoms with E-state index in [1.54, 1.807) is 0 Å². The molecule has 220 valence electrons. The number of carbonyl (C=O) groups is 1. The predicted molar refractivity (Wildman–Crippen MR) is 164 cm³/mol. The van der Waals surface area contributed by atoms with Crippen LogP contribution in [0.3, 0.4) is 0 Å².